The van der Waals surface area contributed by atoms with E-state index in [0.29, 0.717) is 5.92 Å². The highest BCUT2D eigenvalue weighted by atomic mass is 16.3. The van der Waals surface area contributed by atoms with E-state index in [1.54, 1.807) is 19.9 Å². The molecule has 0 aromatic carbocycles. The lowest BCUT2D eigenvalue weighted by atomic mass is 9.86. The summed E-state index contributed by atoms with van der Waals surface area (Å²) in [6, 6.07) is 0. The summed E-state index contributed by atoms with van der Waals surface area (Å²) in [6.07, 6.45) is 12.4. The molecule has 2 nitrogen and oxygen atoms in total. The van der Waals surface area contributed by atoms with Crippen LogP contribution in [-0.2, 0) is 0 Å². The van der Waals surface area contributed by atoms with E-state index in [-0.39, 0.29) is 6.10 Å². The number of rotatable bonds is 3. The van der Waals surface area contributed by atoms with Crippen LogP contribution in [-0.4, -0.2) is 21.9 Å². The standard InChI is InChI=1S/C20H32O2/c1-15-8-11-18(12-10-17(3)19(21)13-9-15)16(2)7-6-14-20(4,5)22/h6-8,14,18-19,21-22H,3,9-13H2,1-2,4-5H3/b14-6+,15-8+,16-7+. The average molecular weight is 304 g/mol. The van der Waals surface area contributed by atoms with E-state index in [1.807, 2.05) is 6.08 Å². The second-order valence-corrected chi connectivity index (χ2v) is 7.16. The maximum atomic E-state index is 10.1. The van der Waals surface area contributed by atoms with Crippen molar-refractivity contribution in [2.45, 2.75) is 71.5 Å². The lowest BCUT2D eigenvalue weighted by Crippen LogP contribution is -2.14. The predicted molar refractivity (Wildman–Crippen MR) is 94.7 cm³/mol. The van der Waals surface area contributed by atoms with Crippen molar-refractivity contribution in [1.82, 2.24) is 0 Å². The van der Waals surface area contributed by atoms with Crippen molar-refractivity contribution in [2.75, 3.05) is 0 Å². The second kappa shape index (κ2) is 8.50. The first-order chi connectivity index (χ1) is 10.2. The fourth-order valence-electron chi connectivity index (χ4n) is 2.64. The molecule has 0 saturated heterocycles. The number of hydrogen-bond donors (Lipinski definition) is 2. The highest BCUT2D eigenvalue weighted by Crippen LogP contribution is 2.28. The van der Waals surface area contributed by atoms with Gasteiger partial charge in [-0.15, -0.1) is 0 Å². The maximum absolute atomic E-state index is 10.1. The predicted octanol–water partition coefficient (Wildman–Crippen LogP) is 4.70. The number of hydrogen-bond acceptors (Lipinski definition) is 2. The summed E-state index contributed by atoms with van der Waals surface area (Å²) in [6.45, 7) is 11.9. The van der Waals surface area contributed by atoms with Gasteiger partial charge >= 0.3 is 0 Å². The molecule has 0 aromatic rings. The van der Waals surface area contributed by atoms with Gasteiger partial charge in [-0.3, -0.25) is 0 Å². The monoisotopic (exact) mass is 304 g/mol. The van der Waals surface area contributed by atoms with Crippen molar-refractivity contribution in [1.29, 1.82) is 0 Å². The van der Waals surface area contributed by atoms with Crippen LogP contribution >= 0.6 is 0 Å². The van der Waals surface area contributed by atoms with Gasteiger partial charge in [-0.25, -0.2) is 0 Å². The van der Waals surface area contributed by atoms with Crippen LogP contribution in [0.2, 0.25) is 0 Å². The molecule has 124 valence electrons. The van der Waals surface area contributed by atoms with Gasteiger partial charge in [0.05, 0.1) is 11.7 Å². The molecule has 2 atom stereocenters. The Kier molecular flexibility index (Phi) is 7.31. The number of aliphatic hydroxyl groups is 2. The van der Waals surface area contributed by atoms with E-state index in [4.69, 9.17) is 0 Å². The summed E-state index contributed by atoms with van der Waals surface area (Å²) >= 11 is 0. The van der Waals surface area contributed by atoms with Gasteiger partial charge in [0, 0.05) is 0 Å². The van der Waals surface area contributed by atoms with Gasteiger partial charge in [-0.05, 0) is 71.3 Å². The molecule has 2 N–H and O–H groups in total. The largest absolute Gasteiger partial charge is 0.389 e. The molecule has 0 radical (unpaired) electrons. The molecular formula is C20H32O2. The van der Waals surface area contributed by atoms with Crippen LogP contribution in [0.3, 0.4) is 0 Å². The summed E-state index contributed by atoms with van der Waals surface area (Å²) in [7, 11) is 0. The third kappa shape index (κ3) is 7.24. The smallest absolute Gasteiger partial charge is 0.0774 e. The van der Waals surface area contributed by atoms with Crippen molar-refractivity contribution in [3.63, 3.8) is 0 Å². The van der Waals surface area contributed by atoms with Crippen molar-refractivity contribution >= 4 is 0 Å². The van der Waals surface area contributed by atoms with Gasteiger partial charge in [0.15, 0.2) is 0 Å². The molecule has 1 aliphatic rings. The van der Waals surface area contributed by atoms with Crippen molar-refractivity contribution in [3.05, 3.63) is 47.6 Å². The Bertz CT molecular complexity index is 461. The van der Waals surface area contributed by atoms with Crippen LogP contribution in [0, 0.1) is 5.92 Å². The Morgan fingerprint density at radius 2 is 2.00 bits per heavy atom. The molecule has 0 amide bonds. The van der Waals surface area contributed by atoms with Crippen molar-refractivity contribution < 1.29 is 10.2 Å². The van der Waals surface area contributed by atoms with E-state index >= 15 is 0 Å². The molecule has 0 heterocycles. The molecule has 1 rings (SSSR count). The quantitative estimate of drug-likeness (QED) is 0.586. The zero-order valence-electron chi connectivity index (χ0n) is 14.6. The molecular weight excluding hydrogens is 272 g/mol. The van der Waals surface area contributed by atoms with Gasteiger partial charge in [-0.1, -0.05) is 42.0 Å². The Hall–Kier alpha value is -1.12. The summed E-state index contributed by atoms with van der Waals surface area (Å²) < 4.78 is 0. The fraction of sp³-hybridized carbons (Fsp3) is 0.600. The fourth-order valence-corrected chi connectivity index (χ4v) is 2.64. The molecule has 2 heteroatoms. The second-order valence-electron chi connectivity index (χ2n) is 7.16. The third-order valence-electron chi connectivity index (χ3n) is 4.36. The van der Waals surface area contributed by atoms with Gasteiger partial charge in [0.1, 0.15) is 0 Å². The van der Waals surface area contributed by atoms with Crippen molar-refractivity contribution in [2.24, 2.45) is 5.92 Å². The van der Waals surface area contributed by atoms with Gasteiger partial charge in [0.25, 0.3) is 0 Å². The molecule has 0 bridgehead atoms. The first-order valence-corrected chi connectivity index (χ1v) is 8.29. The van der Waals surface area contributed by atoms with Crippen LogP contribution in [0.5, 0.6) is 0 Å². The lowest BCUT2D eigenvalue weighted by Gasteiger charge is -2.21. The van der Waals surface area contributed by atoms with Crippen molar-refractivity contribution in [3.8, 4) is 0 Å². The first-order valence-electron chi connectivity index (χ1n) is 8.29. The van der Waals surface area contributed by atoms with E-state index < -0.39 is 5.60 Å². The summed E-state index contributed by atoms with van der Waals surface area (Å²) in [4.78, 5) is 0. The Morgan fingerprint density at radius 3 is 2.64 bits per heavy atom. The zero-order valence-corrected chi connectivity index (χ0v) is 14.6. The van der Waals surface area contributed by atoms with Gasteiger partial charge in [0.2, 0.25) is 0 Å². The number of allylic oxidation sites excluding steroid dienone is 5. The Morgan fingerprint density at radius 1 is 1.32 bits per heavy atom. The Labute approximate surface area is 135 Å². The third-order valence-corrected chi connectivity index (χ3v) is 4.36. The van der Waals surface area contributed by atoms with Crippen LogP contribution < -0.4 is 0 Å². The highest BCUT2D eigenvalue weighted by Gasteiger charge is 2.16. The highest BCUT2D eigenvalue weighted by molar-refractivity contribution is 5.18. The minimum absolute atomic E-state index is 0.374. The minimum Gasteiger partial charge on any atom is -0.389 e. The molecule has 0 aliphatic heterocycles. The zero-order chi connectivity index (χ0) is 16.8. The summed E-state index contributed by atoms with van der Waals surface area (Å²) in [5.41, 5.74) is 2.84. The van der Waals surface area contributed by atoms with Crippen LogP contribution in [0.1, 0.15) is 59.8 Å². The van der Waals surface area contributed by atoms with E-state index in [0.717, 1.165) is 37.7 Å². The van der Waals surface area contributed by atoms with E-state index in [9.17, 15) is 10.2 Å². The summed E-state index contributed by atoms with van der Waals surface area (Å²) in [5.74, 6) is 0.462. The average Bonchev–Trinajstić information content (AvgIpc) is 2.42. The molecule has 0 spiro atoms. The Balaban J connectivity index is 2.83. The van der Waals surface area contributed by atoms with Crippen LogP contribution in [0.25, 0.3) is 0 Å². The van der Waals surface area contributed by atoms with E-state index in [2.05, 4.69) is 32.6 Å². The lowest BCUT2D eigenvalue weighted by molar-refractivity contribution is 0.133. The summed E-state index contributed by atoms with van der Waals surface area (Å²) in [5, 5.41) is 19.8. The topological polar surface area (TPSA) is 40.5 Å². The molecule has 0 aromatic heterocycles. The van der Waals surface area contributed by atoms with Crippen LogP contribution in [0.15, 0.2) is 47.6 Å². The number of aliphatic hydroxyl groups excluding tert-OH is 1. The molecule has 22 heavy (non-hydrogen) atoms. The van der Waals surface area contributed by atoms with Gasteiger partial charge in [-0.2, -0.15) is 0 Å². The molecule has 0 saturated carbocycles. The van der Waals surface area contributed by atoms with Gasteiger partial charge < -0.3 is 10.2 Å². The minimum atomic E-state index is -0.776. The van der Waals surface area contributed by atoms with Crippen LogP contribution in [0.4, 0.5) is 0 Å². The first kappa shape index (κ1) is 18.9. The molecule has 0 fully saturated rings. The van der Waals surface area contributed by atoms with E-state index in [1.165, 1.54) is 11.1 Å². The normalized spacial score (nSPS) is 28.5. The maximum Gasteiger partial charge on any atom is 0.0774 e. The SMILES string of the molecule is C=C1CCC(/C(C)=C/C=C/C(C)(C)O)C/C=C(\C)CCC1O. The molecule has 1 aliphatic carbocycles. The molecule has 2 unspecified atom stereocenters.